The lowest BCUT2D eigenvalue weighted by molar-refractivity contribution is 0.250. The molecule has 0 aliphatic rings. The van der Waals surface area contributed by atoms with Gasteiger partial charge >= 0.3 is 0 Å². The summed E-state index contributed by atoms with van der Waals surface area (Å²) >= 11 is 0. The van der Waals surface area contributed by atoms with Gasteiger partial charge in [0, 0.05) is 18.7 Å². The lowest BCUT2D eigenvalue weighted by atomic mass is 10.2. The Morgan fingerprint density at radius 3 is 2.79 bits per heavy atom. The molecule has 4 nitrogen and oxygen atoms in total. The summed E-state index contributed by atoms with van der Waals surface area (Å²) in [6, 6.07) is 1.48. The van der Waals surface area contributed by atoms with Gasteiger partial charge in [-0.25, -0.2) is 9.37 Å². The monoisotopic (exact) mass is 269 g/mol. The largest absolute Gasteiger partial charge is 0.476 e. The lowest BCUT2D eigenvalue weighted by Crippen LogP contribution is -2.22. The number of aromatic nitrogens is 1. The molecule has 1 aromatic heterocycles. The van der Waals surface area contributed by atoms with Crippen molar-refractivity contribution in [3.63, 3.8) is 0 Å². The molecule has 0 aromatic carbocycles. The molecule has 0 aliphatic carbocycles. The third kappa shape index (κ3) is 6.50. The van der Waals surface area contributed by atoms with Crippen molar-refractivity contribution in [1.29, 1.82) is 0 Å². The van der Waals surface area contributed by atoms with Gasteiger partial charge in [0.05, 0.1) is 6.20 Å². The Labute approximate surface area is 115 Å². The predicted octanol–water partition coefficient (Wildman–Crippen LogP) is 1.91. The molecule has 0 atom stereocenters. The van der Waals surface area contributed by atoms with Crippen molar-refractivity contribution < 1.29 is 9.13 Å². The first-order chi connectivity index (χ1) is 8.99. The van der Waals surface area contributed by atoms with E-state index in [4.69, 9.17) is 4.74 Å². The van der Waals surface area contributed by atoms with E-state index < -0.39 is 0 Å². The molecular formula is C14H24FN3O. The molecule has 0 radical (unpaired) electrons. The number of likely N-dealkylation sites (N-methyl/N-ethyl adjacent to an activating group) is 1. The van der Waals surface area contributed by atoms with Crippen LogP contribution >= 0.6 is 0 Å². The number of rotatable bonds is 8. The van der Waals surface area contributed by atoms with E-state index in [0.717, 1.165) is 18.7 Å². The second kappa shape index (κ2) is 8.07. The maximum Gasteiger partial charge on any atom is 0.218 e. The Kier molecular flexibility index (Phi) is 6.73. The number of hydrogen-bond acceptors (Lipinski definition) is 4. The van der Waals surface area contributed by atoms with Crippen molar-refractivity contribution in [2.75, 3.05) is 33.8 Å². The molecule has 0 unspecified atom stereocenters. The van der Waals surface area contributed by atoms with Crippen LogP contribution in [-0.2, 0) is 6.54 Å². The molecule has 1 heterocycles. The molecule has 0 saturated carbocycles. The van der Waals surface area contributed by atoms with Gasteiger partial charge in [-0.1, -0.05) is 13.8 Å². The highest BCUT2D eigenvalue weighted by atomic mass is 19.1. The standard InChI is InChI=1S/C14H24FN3O/c1-11(2)8-16-9-12-7-13(15)10-17-14(12)19-6-5-18(3)4/h7,10-11,16H,5-6,8-9H2,1-4H3. The van der Waals surface area contributed by atoms with Crippen LogP contribution in [0.2, 0.25) is 0 Å². The van der Waals surface area contributed by atoms with Gasteiger partial charge in [-0.05, 0) is 32.6 Å². The van der Waals surface area contributed by atoms with Crippen LogP contribution in [0.4, 0.5) is 4.39 Å². The summed E-state index contributed by atoms with van der Waals surface area (Å²) in [4.78, 5) is 6.05. The number of pyridine rings is 1. The van der Waals surface area contributed by atoms with Crippen molar-refractivity contribution in [2.24, 2.45) is 5.92 Å². The fourth-order valence-corrected chi connectivity index (χ4v) is 1.55. The van der Waals surface area contributed by atoms with Crippen molar-refractivity contribution in [3.8, 4) is 5.88 Å². The molecule has 0 amide bonds. The van der Waals surface area contributed by atoms with E-state index in [1.54, 1.807) is 0 Å². The molecule has 5 heteroatoms. The fourth-order valence-electron chi connectivity index (χ4n) is 1.55. The summed E-state index contributed by atoms with van der Waals surface area (Å²) in [6.45, 7) is 7.06. The van der Waals surface area contributed by atoms with Crippen LogP contribution in [0.15, 0.2) is 12.3 Å². The van der Waals surface area contributed by atoms with Crippen LogP contribution in [0.5, 0.6) is 5.88 Å². The molecule has 19 heavy (non-hydrogen) atoms. The first-order valence-electron chi connectivity index (χ1n) is 6.61. The average molecular weight is 269 g/mol. The summed E-state index contributed by atoms with van der Waals surface area (Å²) in [6.07, 6.45) is 1.19. The molecule has 0 fully saturated rings. The summed E-state index contributed by atoms with van der Waals surface area (Å²) in [5.74, 6) is 0.737. The van der Waals surface area contributed by atoms with E-state index in [9.17, 15) is 4.39 Å². The highest BCUT2D eigenvalue weighted by Crippen LogP contribution is 2.16. The van der Waals surface area contributed by atoms with Crippen molar-refractivity contribution in [1.82, 2.24) is 15.2 Å². The van der Waals surface area contributed by atoms with E-state index in [-0.39, 0.29) is 5.82 Å². The molecule has 0 saturated heterocycles. The number of halogens is 1. The summed E-state index contributed by atoms with van der Waals surface area (Å²) < 4.78 is 18.8. The Morgan fingerprint density at radius 1 is 1.42 bits per heavy atom. The van der Waals surface area contributed by atoms with Gasteiger partial charge in [0.2, 0.25) is 5.88 Å². The fraction of sp³-hybridized carbons (Fsp3) is 0.643. The van der Waals surface area contributed by atoms with Crippen molar-refractivity contribution >= 4 is 0 Å². The summed E-state index contributed by atoms with van der Waals surface area (Å²) in [5.41, 5.74) is 0.763. The molecule has 1 rings (SSSR count). The molecule has 0 spiro atoms. The molecular weight excluding hydrogens is 245 g/mol. The second-order valence-corrected chi connectivity index (χ2v) is 5.29. The molecule has 1 aromatic rings. The average Bonchev–Trinajstić information content (AvgIpc) is 2.31. The van der Waals surface area contributed by atoms with Gasteiger partial charge in [0.1, 0.15) is 12.4 Å². The molecule has 108 valence electrons. The van der Waals surface area contributed by atoms with Crippen LogP contribution in [0.1, 0.15) is 19.4 Å². The first kappa shape index (κ1) is 15.9. The Morgan fingerprint density at radius 2 is 2.16 bits per heavy atom. The zero-order valence-corrected chi connectivity index (χ0v) is 12.2. The third-order valence-electron chi connectivity index (χ3n) is 2.54. The zero-order chi connectivity index (χ0) is 14.3. The van der Waals surface area contributed by atoms with Crippen LogP contribution in [0.25, 0.3) is 0 Å². The number of nitrogens with one attached hydrogen (secondary N) is 1. The third-order valence-corrected chi connectivity index (χ3v) is 2.54. The van der Waals surface area contributed by atoms with E-state index in [1.165, 1.54) is 12.3 Å². The highest BCUT2D eigenvalue weighted by Gasteiger charge is 2.07. The summed E-state index contributed by atoms with van der Waals surface area (Å²) in [5, 5.41) is 3.27. The quantitative estimate of drug-likeness (QED) is 0.782. The van der Waals surface area contributed by atoms with E-state index in [2.05, 4.69) is 24.1 Å². The first-order valence-corrected chi connectivity index (χ1v) is 6.61. The highest BCUT2D eigenvalue weighted by molar-refractivity contribution is 5.26. The van der Waals surface area contributed by atoms with E-state index in [1.807, 2.05) is 19.0 Å². The van der Waals surface area contributed by atoms with Gasteiger partial charge in [-0.15, -0.1) is 0 Å². The van der Waals surface area contributed by atoms with Gasteiger partial charge in [-0.2, -0.15) is 0 Å². The minimum Gasteiger partial charge on any atom is -0.476 e. The predicted molar refractivity (Wildman–Crippen MR) is 74.8 cm³/mol. The van der Waals surface area contributed by atoms with Gasteiger partial charge in [0.25, 0.3) is 0 Å². The molecule has 0 bridgehead atoms. The zero-order valence-electron chi connectivity index (χ0n) is 12.2. The van der Waals surface area contributed by atoms with Gasteiger partial charge < -0.3 is 15.0 Å². The van der Waals surface area contributed by atoms with Gasteiger partial charge in [0.15, 0.2) is 0 Å². The SMILES string of the molecule is CC(C)CNCc1cc(F)cnc1OCCN(C)C. The molecule has 1 N–H and O–H groups in total. The summed E-state index contributed by atoms with van der Waals surface area (Å²) in [7, 11) is 3.96. The number of nitrogens with zero attached hydrogens (tertiary/aromatic N) is 2. The minimum atomic E-state index is -0.332. The second-order valence-electron chi connectivity index (χ2n) is 5.29. The normalized spacial score (nSPS) is 11.3. The van der Waals surface area contributed by atoms with Crippen molar-refractivity contribution in [3.05, 3.63) is 23.6 Å². The Bertz CT molecular complexity index is 383. The van der Waals surface area contributed by atoms with E-state index in [0.29, 0.717) is 24.9 Å². The Hall–Kier alpha value is -1.20. The topological polar surface area (TPSA) is 37.4 Å². The van der Waals surface area contributed by atoms with Crippen LogP contribution in [0, 0.1) is 11.7 Å². The maximum absolute atomic E-state index is 13.2. The smallest absolute Gasteiger partial charge is 0.218 e. The van der Waals surface area contributed by atoms with Crippen molar-refractivity contribution in [2.45, 2.75) is 20.4 Å². The lowest BCUT2D eigenvalue weighted by Gasteiger charge is -2.14. The molecule has 0 aliphatic heterocycles. The van der Waals surface area contributed by atoms with E-state index >= 15 is 0 Å². The Balaban J connectivity index is 2.58. The number of ether oxygens (including phenoxy) is 1. The minimum absolute atomic E-state index is 0.332. The maximum atomic E-state index is 13.2. The number of hydrogen-bond donors (Lipinski definition) is 1. The van der Waals surface area contributed by atoms with Crippen LogP contribution in [0.3, 0.4) is 0 Å². The van der Waals surface area contributed by atoms with Crippen LogP contribution in [-0.4, -0.2) is 43.7 Å². The van der Waals surface area contributed by atoms with Crippen LogP contribution < -0.4 is 10.1 Å². The van der Waals surface area contributed by atoms with Gasteiger partial charge in [-0.3, -0.25) is 0 Å².